The van der Waals surface area contributed by atoms with Crippen molar-refractivity contribution in [3.63, 3.8) is 0 Å². The smallest absolute Gasteiger partial charge is 0.159 e. The molecule has 0 fully saturated rings. The maximum atomic E-state index is 6.05. The van der Waals surface area contributed by atoms with E-state index in [0.717, 1.165) is 47.5 Å². The Balaban J connectivity index is 2.11. The Labute approximate surface area is 131 Å². The van der Waals surface area contributed by atoms with Crippen molar-refractivity contribution >= 4 is 27.5 Å². The first-order chi connectivity index (χ1) is 9.69. The van der Waals surface area contributed by atoms with Gasteiger partial charge in [-0.3, -0.25) is 0 Å². The van der Waals surface area contributed by atoms with Crippen molar-refractivity contribution in [2.45, 2.75) is 26.3 Å². The summed E-state index contributed by atoms with van der Waals surface area (Å²) in [5.41, 5.74) is 4.59. The highest BCUT2D eigenvalue weighted by molar-refractivity contribution is 9.10. The van der Waals surface area contributed by atoms with Crippen LogP contribution in [0.1, 0.15) is 23.9 Å². The molecule has 104 valence electrons. The first-order valence-electron chi connectivity index (χ1n) is 6.74. The van der Waals surface area contributed by atoms with Crippen LogP contribution in [-0.2, 0) is 19.4 Å². The van der Waals surface area contributed by atoms with Gasteiger partial charge in [0.1, 0.15) is 0 Å². The van der Waals surface area contributed by atoms with Crippen LogP contribution in [0.3, 0.4) is 0 Å². The Morgan fingerprint density at radius 2 is 2.20 bits per heavy atom. The van der Waals surface area contributed by atoms with E-state index in [-0.39, 0.29) is 0 Å². The number of nitrogens with one attached hydrogen (secondary N) is 1. The first-order valence-corrected chi connectivity index (χ1v) is 7.91. The number of fused-ring (bicyclic) bond motifs is 1. The minimum Gasteiger partial charge on any atom is -0.312 e. The van der Waals surface area contributed by atoms with Gasteiger partial charge in [0, 0.05) is 40.8 Å². The largest absolute Gasteiger partial charge is 0.312 e. The Morgan fingerprint density at radius 3 is 2.95 bits per heavy atom. The second-order valence-electron chi connectivity index (χ2n) is 4.83. The van der Waals surface area contributed by atoms with E-state index in [2.05, 4.69) is 28.2 Å². The molecule has 1 aliphatic rings. The molecule has 20 heavy (non-hydrogen) atoms. The van der Waals surface area contributed by atoms with Crippen molar-refractivity contribution in [3.8, 4) is 11.4 Å². The summed E-state index contributed by atoms with van der Waals surface area (Å²) in [4.78, 5) is 9.48. The minimum atomic E-state index is 0.701. The summed E-state index contributed by atoms with van der Waals surface area (Å²) in [5, 5.41) is 4.09. The van der Waals surface area contributed by atoms with E-state index in [1.807, 2.05) is 18.2 Å². The monoisotopic (exact) mass is 351 g/mol. The normalized spacial score (nSPS) is 14.2. The molecule has 1 aliphatic heterocycles. The molecule has 0 bridgehead atoms. The summed E-state index contributed by atoms with van der Waals surface area (Å²) in [5.74, 6) is 0.792. The molecule has 1 N–H and O–H groups in total. The van der Waals surface area contributed by atoms with E-state index in [1.54, 1.807) is 0 Å². The molecule has 0 aliphatic carbocycles. The summed E-state index contributed by atoms with van der Waals surface area (Å²) in [6.07, 6.45) is 1.89. The van der Waals surface area contributed by atoms with Gasteiger partial charge in [-0.15, -0.1) is 0 Å². The third-order valence-corrected chi connectivity index (χ3v) is 4.75. The maximum absolute atomic E-state index is 6.05. The lowest BCUT2D eigenvalue weighted by atomic mass is 10.0. The third kappa shape index (κ3) is 2.60. The fourth-order valence-corrected chi connectivity index (χ4v) is 2.97. The molecule has 2 aromatic rings. The highest BCUT2D eigenvalue weighted by Crippen LogP contribution is 2.28. The number of hydrogen-bond donors (Lipinski definition) is 1. The Hall–Kier alpha value is -0.970. The van der Waals surface area contributed by atoms with Gasteiger partial charge in [-0.05, 0) is 40.5 Å². The second kappa shape index (κ2) is 5.80. The number of rotatable bonds is 2. The highest BCUT2D eigenvalue weighted by atomic mass is 79.9. The lowest BCUT2D eigenvalue weighted by Crippen LogP contribution is -2.26. The van der Waals surface area contributed by atoms with E-state index in [0.29, 0.717) is 5.02 Å². The van der Waals surface area contributed by atoms with Crippen molar-refractivity contribution in [3.05, 3.63) is 44.6 Å². The van der Waals surface area contributed by atoms with Gasteiger partial charge in [-0.1, -0.05) is 18.5 Å². The number of aryl methyl sites for hydroxylation is 1. The van der Waals surface area contributed by atoms with Gasteiger partial charge in [0.2, 0.25) is 0 Å². The molecule has 0 saturated heterocycles. The van der Waals surface area contributed by atoms with Crippen molar-refractivity contribution < 1.29 is 0 Å². The van der Waals surface area contributed by atoms with E-state index in [4.69, 9.17) is 21.6 Å². The Bertz CT molecular complexity index is 641. The van der Waals surface area contributed by atoms with Crippen molar-refractivity contribution in [2.75, 3.05) is 6.54 Å². The molecule has 3 rings (SSSR count). The fraction of sp³-hybridized carbons (Fsp3) is 0.333. The topological polar surface area (TPSA) is 37.8 Å². The molecule has 1 aromatic carbocycles. The fourth-order valence-electron chi connectivity index (χ4n) is 2.47. The Morgan fingerprint density at radius 1 is 1.35 bits per heavy atom. The molecule has 1 aromatic heterocycles. The minimum absolute atomic E-state index is 0.701. The summed E-state index contributed by atoms with van der Waals surface area (Å²) in [6, 6.07) is 5.82. The van der Waals surface area contributed by atoms with Crippen LogP contribution in [0.5, 0.6) is 0 Å². The van der Waals surface area contributed by atoms with E-state index < -0.39 is 0 Å². The lowest BCUT2D eigenvalue weighted by molar-refractivity contribution is 0.618. The number of aromatic nitrogens is 2. The molecule has 0 amide bonds. The van der Waals surface area contributed by atoms with Gasteiger partial charge in [0.15, 0.2) is 5.82 Å². The average molecular weight is 353 g/mol. The van der Waals surface area contributed by atoms with Gasteiger partial charge in [-0.25, -0.2) is 9.97 Å². The lowest BCUT2D eigenvalue weighted by Gasteiger charge is -2.19. The molecule has 0 spiro atoms. The maximum Gasteiger partial charge on any atom is 0.159 e. The van der Waals surface area contributed by atoms with Crippen LogP contribution >= 0.6 is 27.5 Å². The second-order valence-corrected chi connectivity index (χ2v) is 6.09. The zero-order valence-electron chi connectivity index (χ0n) is 11.2. The van der Waals surface area contributed by atoms with Crippen molar-refractivity contribution in [2.24, 2.45) is 0 Å². The zero-order chi connectivity index (χ0) is 14.1. The van der Waals surface area contributed by atoms with Crippen LogP contribution in [0.2, 0.25) is 5.02 Å². The zero-order valence-corrected chi connectivity index (χ0v) is 13.6. The van der Waals surface area contributed by atoms with Crippen molar-refractivity contribution in [1.29, 1.82) is 0 Å². The molecular formula is C15H15BrClN3. The van der Waals surface area contributed by atoms with Gasteiger partial charge in [0.25, 0.3) is 0 Å². The predicted molar refractivity (Wildman–Crippen MR) is 85.0 cm³/mol. The van der Waals surface area contributed by atoms with Crippen LogP contribution in [0, 0.1) is 0 Å². The molecule has 0 saturated carbocycles. The van der Waals surface area contributed by atoms with Gasteiger partial charge < -0.3 is 5.32 Å². The highest BCUT2D eigenvalue weighted by Gasteiger charge is 2.17. The van der Waals surface area contributed by atoms with E-state index in [1.165, 1.54) is 11.3 Å². The quantitative estimate of drug-likeness (QED) is 0.894. The average Bonchev–Trinajstić information content (AvgIpc) is 2.49. The van der Waals surface area contributed by atoms with Crippen LogP contribution in [-0.4, -0.2) is 16.5 Å². The molecule has 0 atom stereocenters. The molecule has 0 unspecified atom stereocenters. The van der Waals surface area contributed by atoms with Gasteiger partial charge >= 0.3 is 0 Å². The van der Waals surface area contributed by atoms with Crippen molar-refractivity contribution in [1.82, 2.24) is 15.3 Å². The van der Waals surface area contributed by atoms with Crippen LogP contribution in [0.15, 0.2) is 22.7 Å². The molecule has 3 nitrogen and oxygen atoms in total. The summed E-state index contributed by atoms with van der Waals surface area (Å²) >= 11 is 9.50. The number of halogens is 2. The van der Waals surface area contributed by atoms with Crippen LogP contribution < -0.4 is 5.32 Å². The first kappa shape index (κ1) is 14.0. The summed E-state index contributed by atoms with van der Waals surface area (Å²) < 4.78 is 0.873. The number of hydrogen-bond acceptors (Lipinski definition) is 3. The summed E-state index contributed by atoms with van der Waals surface area (Å²) in [6.45, 7) is 4.00. The standard InChI is InChI=1S/C15H15BrClN3/c1-2-13-10-8-18-6-5-14(10)20-15(19-13)9-3-4-12(17)11(16)7-9/h3-4,7,18H,2,5-6,8H2,1H3. The Kier molecular flexibility index (Phi) is 4.06. The molecular weight excluding hydrogens is 338 g/mol. The SMILES string of the molecule is CCc1nc(-c2ccc(Cl)c(Br)c2)nc2c1CNCC2. The van der Waals surface area contributed by atoms with Crippen LogP contribution in [0.4, 0.5) is 0 Å². The number of nitrogens with zero attached hydrogens (tertiary/aromatic N) is 2. The van der Waals surface area contributed by atoms with E-state index >= 15 is 0 Å². The van der Waals surface area contributed by atoms with Gasteiger partial charge in [0.05, 0.1) is 10.7 Å². The molecule has 0 radical (unpaired) electrons. The molecule has 5 heteroatoms. The predicted octanol–water partition coefficient (Wildman–Crippen LogP) is 3.77. The van der Waals surface area contributed by atoms with E-state index in [9.17, 15) is 0 Å². The third-order valence-electron chi connectivity index (χ3n) is 3.53. The van der Waals surface area contributed by atoms with Crippen LogP contribution in [0.25, 0.3) is 11.4 Å². The van der Waals surface area contributed by atoms with Gasteiger partial charge in [-0.2, -0.15) is 0 Å². The molecule has 2 heterocycles. The summed E-state index contributed by atoms with van der Waals surface area (Å²) in [7, 11) is 0. The number of benzene rings is 1.